The fourth-order valence-electron chi connectivity index (χ4n) is 2.36. The molecule has 0 heterocycles. The van der Waals surface area contributed by atoms with Gasteiger partial charge >= 0.3 is 0 Å². The van der Waals surface area contributed by atoms with Crippen LogP contribution in [-0.4, -0.2) is 23.1 Å². The molecule has 0 radical (unpaired) electrons. The van der Waals surface area contributed by atoms with Gasteiger partial charge in [0.15, 0.2) is 0 Å². The zero-order valence-electron chi connectivity index (χ0n) is 14.7. The van der Waals surface area contributed by atoms with Crippen molar-refractivity contribution in [1.29, 1.82) is 0 Å². The molecule has 2 aromatic rings. The Labute approximate surface area is 148 Å². The monoisotopic (exact) mass is 340 g/mol. The second-order valence-electron chi connectivity index (χ2n) is 7.02. The number of benzene rings is 2. The van der Waals surface area contributed by atoms with Crippen molar-refractivity contribution < 1.29 is 14.8 Å². The lowest BCUT2D eigenvalue weighted by molar-refractivity contribution is -0.137. The molecule has 0 bridgehead atoms. The minimum atomic E-state index is -0.834. The Bertz CT molecular complexity index is 719. The molecule has 0 spiro atoms. The second-order valence-corrected chi connectivity index (χ2v) is 7.02. The summed E-state index contributed by atoms with van der Waals surface area (Å²) < 4.78 is 0. The molecule has 2 rings (SSSR count). The Morgan fingerprint density at radius 1 is 0.960 bits per heavy atom. The molecule has 0 saturated heterocycles. The molecule has 0 fully saturated rings. The standard InChI is InChI=1S/C20H24N2O3/c1-20(2,3)19(24)21-17(18(23)22-25)13-14-9-11-16(12-10-14)15-7-5-4-6-8-15/h4-12,17,25H,13H2,1-3H3,(H,21,24)(H,22,23). The molecule has 0 aliphatic heterocycles. The number of hydroxylamine groups is 1. The molecule has 0 saturated carbocycles. The molecule has 2 aromatic carbocycles. The average Bonchev–Trinajstić information content (AvgIpc) is 2.61. The van der Waals surface area contributed by atoms with Crippen molar-refractivity contribution in [3.8, 4) is 11.1 Å². The van der Waals surface area contributed by atoms with Crippen LogP contribution in [0, 0.1) is 5.41 Å². The number of carbonyl (C=O) groups is 2. The van der Waals surface area contributed by atoms with Crippen LogP contribution in [0.2, 0.25) is 0 Å². The van der Waals surface area contributed by atoms with E-state index in [4.69, 9.17) is 5.21 Å². The fourth-order valence-corrected chi connectivity index (χ4v) is 2.36. The quantitative estimate of drug-likeness (QED) is 0.578. The van der Waals surface area contributed by atoms with E-state index in [0.29, 0.717) is 6.42 Å². The minimum absolute atomic E-state index is 0.248. The largest absolute Gasteiger partial charge is 0.343 e. The molecule has 0 aromatic heterocycles. The van der Waals surface area contributed by atoms with Crippen molar-refractivity contribution in [3.05, 3.63) is 60.2 Å². The summed E-state index contributed by atoms with van der Waals surface area (Å²) in [6, 6.07) is 16.9. The first kappa shape index (κ1) is 18.7. The maximum atomic E-state index is 12.2. The highest BCUT2D eigenvalue weighted by molar-refractivity contribution is 5.89. The smallest absolute Gasteiger partial charge is 0.266 e. The predicted molar refractivity (Wildman–Crippen MR) is 96.9 cm³/mol. The first-order chi connectivity index (χ1) is 11.8. The summed E-state index contributed by atoms with van der Waals surface area (Å²) in [4.78, 5) is 24.0. The van der Waals surface area contributed by atoms with Gasteiger partial charge in [0.05, 0.1) is 0 Å². The van der Waals surface area contributed by atoms with Gasteiger partial charge < -0.3 is 5.32 Å². The van der Waals surface area contributed by atoms with Gasteiger partial charge in [-0.05, 0) is 16.7 Å². The van der Waals surface area contributed by atoms with Gasteiger partial charge in [-0.15, -0.1) is 0 Å². The molecular weight excluding hydrogens is 316 g/mol. The average molecular weight is 340 g/mol. The normalized spacial score (nSPS) is 12.3. The molecule has 5 heteroatoms. The van der Waals surface area contributed by atoms with E-state index in [2.05, 4.69) is 5.32 Å². The number of hydrogen-bond donors (Lipinski definition) is 3. The van der Waals surface area contributed by atoms with E-state index in [1.165, 1.54) is 0 Å². The van der Waals surface area contributed by atoms with Crippen molar-refractivity contribution in [3.63, 3.8) is 0 Å². The van der Waals surface area contributed by atoms with Crippen LogP contribution in [0.5, 0.6) is 0 Å². The highest BCUT2D eigenvalue weighted by Gasteiger charge is 2.27. The molecule has 0 aliphatic carbocycles. The van der Waals surface area contributed by atoms with Crippen molar-refractivity contribution >= 4 is 11.8 Å². The first-order valence-corrected chi connectivity index (χ1v) is 8.20. The maximum Gasteiger partial charge on any atom is 0.266 e. The summed E-state index contributed by atoms with van der Waals surface area (Å²) in [6.45, 7) is 5.31. The molecule has 0 aliphatic rings. The van der Waals surface area contributed by atoms with Gasteiger partial charge in [-0.2, -0.15) is 0 Å². The fraction of sp³-hybridized carbons (Fsp3) is 0.300. The van der Waals surface area contributed by atoms with E-state index in [9.17, 15) is 9.59 Å². The molecule has 1 atom stereocenters. The Balaban J connectivity index is 2.13. The second kappa shape index (κ2) is 7.94. The summed E-state index contributed by atoms with van der Waals surface area (Å²) in [6.07, 6.45) is 0.295. The third-order valence-corrected chi connectivity index (χ3v) is 3.91. The summed E-state index contributed by atoms with van der Waals surface area (Å²) in [5.41, 5.74) is 4.08. The van der Waals surface area contributed by atoms with Crippen LogP contribution >= 0.6 is 0 Å². The van der Waals surface area contributed by atoms with Crippen molar-refractivity contribution in [2.24, 2.45) is 5.41 Å². The Kier molecular flexibility index (Phi) is 5.93. The van der Waals surface area contributed by atoms with E-state index < -0.39 is 17.4 Å². The molecule has 5 nitrogen and oxygen atoms in total. The van der Waals surface area contributed by atoms with Crippen LogP contribution in [0.15, 0.2) is 54.6 Å². The van der Waals surface area contributed by atoms with Gasteiger partial charge in [0, 0.05) is 11.8 Å². The summed E-state index contributed by atoms with van der Waals surface area (Å²) in [5, 5.41) is 11.6. The Morgan fingerprint density at radius 2 is 1.52 bits per heavy atom. The number of carbonyl (C=O) groups excluding carboxylic acids is 2. The third-order valence-electron chi connectivity index (χ3n) is 3.91. The predicted octanol–water partition coefficient (Wildman–Crippen LogP) is 2.93. The van der Waals surface area contributed by atoms with E-state index in [-0.39, 0.29) is 5.91 Å². The van der Waals surface area contributed by atoms with Gasteiger partial charge in [0.25, 0.3) is 5.91 Å². The van der Waals surface area contributed by atoms with Crippen LogP contribution in [0.3, 0.4) is 0 Å². The first-order valence-electron chi connectivity index (χ1n) is 8.20. The highest BCUT2D eigenvalue weighted by Crippen LogP contribution is 2.20. The Hall–Kier alpha value is -2.66. The highest BCUT2D eigenvalue weighted by atomic mass is 16.5. The number of rotatable bonds is 5. The molecule has 25 heavy (non-hydrogen) atoms. The van der Waals surface area contributed by atoms with Gasteiger partial charge in [-0.3, -0.25) is 14.8 Å². The Morgan fingerprint density at radius 3 is 2.04 bits per heavy atom. The molecule has 2 amide bonds. The van der Waals surface area contributed by atoms with Crippen LogP contribution in [0.4, 0.5) is 0 Å². The van der Waals surface area contributed by atoms with Crippen LogP contribution in [0.25, 0.3) is 11.1 Å². The number of hydrogen-bond acceptors (Lipinski definition) is 3. The zero-order chi connectivity index (χ0) is 18.4. The lowest BCUT2D eigenvalue weighted by atomic mass is 9.94. The van der Waals surface area contributed by atoms with Crippen LogP contribution in [0.1, 0.15) is 26.3 Å². The summed E-state index contributed by atoms with van der Waals surface area (Å²) in [5.74, 6) is -0.883. The van der Waals surface area contributed by atoms with Gasteiger partial charge in [-0.1, -0.05) is 75.4 Å². The van der Waals surface area contributed by atoms with Crippen molar-refractivity contribution in [1.82, 2.24) is 10.8 Å². The topological polar surface area (TPSA) is 78.4 Å². The number of amides is 2. The maximum absolute atomic E-state index is 12.2. The summed E-state index contributed by atoms with van der Waals surface area (Å²) >= 11 is 0. The van der Waals surface area contributed by atoms with E-state index in [1.807, 2.05) is 54.6 Å². The van der Waals surface area contributed by atoms with E-state index in [0.717, 1.165) is 16.7 Å². The molecule has 3 N–H and O–H groups in total. The molecule has 132 valence electrons. The van der Waals surface area contributed by atoms with Crippen molar-refractivity contribution in [2.45, 2.75) is 33.2 Å². The van der Waals surface area contributed by atoms with Gasteiger partial charge in [-0.25, -0.2) is 5.48 Å². The van der Waals surface area contributed by atoms with E-state index in [1.54, 1.807) is 26.3 Å². The summed E-state index contributed by atoms with van der Waals surface area (Å²) in [7, 11) is 0. The zero-order valence-corrected chi connectivity index (χ0v) is 14.7. The van der Waals surface area contributed by atoms with Gasteiger partial charge in [0.1, 0.15) is 6.04 Å². The van der Waals surface area contributed by atoms with Gasteiger partial charge in [0.2, 0.25) is 5.91 Å². The lowest BCUT2D eigenvalue weighted by Crippen LogP contribution is -2.50. The molecular formula is C20H24N2O3. The van der Waals surface area contributed by atoms with Crippen molar-refractivity contribution in [2.75, 3.05) is 0 Å². The number of nitrogens with one attached hydrogen (secondary N) is 2. The third kappa shape index (κ3) is 5.16. The molecule has 1 unspecified atom stereocenters. The lowest BCUT2D eigenvalue weighted by Gasteiger charge is -2.23. The van der Waals surface area contributed by atoms with Crippen LogP contribution in [-0.2, 0) is 16.0 Å². The van der Waals surface area contributed by atoms with E-state index >= 15 is 0 Å². The SMILES string of the molecule is CC(C)(C)C(=O)NC(Cc1ccc(-c2ccccc2)cc1)C(=O)NO. The minimum Gasteiger partial charge on any atom is -0.343 e. The van der Waals surface area contributed by atoms with Crippen LogP contribution < -0.4 is 10.8 Å².